The highest BCUT2D eigenvalue weighted by Gasteiger charge is 2.19. The number of nitrogens with zero attached hydrogens (tertiary/aromatic N) is 1. The average Bonchev–Trinajstić information content (AvgIpc) is 2.15. The maximum atomic E-state index is 11.5. The predicted molar refractivity (Wildman–Crippen MR) is 53.7 cm³/mol. The van der Waals surface area contributed by atoms with Gasteiger partial charge in [0, 0.05) is 19.6 Å². The summed E-state index contributed by atoms with van der Waals surface area (Å²) in [5, 5.41) is 2.90. The van der Waals surface area contributed by atoms with Gasteiger partial charge in [0.05, 0.1) is 0 Å². The largest absolute Gasteiger partial charge is 0.338 e. The number of likely N-dealkylation sites (tertiary alicyclic amines) is 1. The van der Waals surface area contributed by atoms with Crippen LogP contribution in [0.1, 0.15) is 33.1 Å². The zero-order valence-electron chi connectivity index (χ0n) is 8.68. The van der Waals surface area contributed by atoms with E-state index in [1.165, 1.54) is 0 Å². The number of carbonyl (C=O) groups excluding carboxylic acids is 1. The van der Waals surface area contributed by atoms with E-state index >= 15 is 0 Å². The van der Waals surface area contributed by atoms with E-state index in [9.17, 15) is 4.79 Å². The van der Waals surface area contributed by atoms with Crippen LogP contribution in [-0.4, -0.2) is 30.6 Å². The fourth-order valence-corrected chi connectivity index (χ4v) is 1.56. The molecule has 1 heterocycles. The molecule has 0 aliphatic carbocycles. The lowest BCUT2D eigenvalue weighted by molar-refractivity contribution is 0.174. The SMILES string of the molecule is CCCNC(=O)N1CCC(C)CC1. The zero-order chi connectivity index (χ0) is 9.68. The van der Waals surface area contributed by atoms with Crippen molar-refractivity contribution in [3.63, 3.8) is 0 Å². The normalized spacial score (nSPS) is 18.8. The van der Waals surface area contributed by atoms with Gasteiger partial charge in [0.2, 0.25) is 0 Å². The highest BCUT2D eigenvalue weighted by molar-refractivity contribution is 5.74. The molecule has 0 atom stereocenters. The maximum absolute atomic E-state index is 11.5. The first-order valence-electron chi connectivity index (χ1n) is 5.26. The van der Waals surface area contributed by atoms with Crippen molar-refractivity contribution in [1.29, 1.82) is 0 Å². The third kappa shape index (κ3) is 3.25. The molecule has 1 aliphatic heterocycles. The first-order valence-corrected chi connectivity index (χ1v) is 5.26. The van der Waals surface area contributed by atoms with E-state index in [0.717, 1.165) is 44.8 Å². The number of carbonyl (C=O) groups is 1. The van der Waals surface area contributed by atoms with Crippen molar-refractivity contribution in [2.45, 2.75) is 33.1 Å². The summed E-state index contributed by atoms with van der Waals surface area (Å²) in [6.45, 7) is 6.97. The van der Waals surface area contributed by atoms with E-state index < -0.39 is 0 Å². The summed E-state index contributed by atoms with van der Waals surface area (Å²) in [6.07, 6.45) is 3.31. The number of urea groups is 1. The van der Waals surface area contributed by atoms with Gasteiger partial charge >= 0.3 is 6.03 Å². The van der Waals surface area contributed by atoms with Gasteiger partial charge < -0.3 is 10.2 Å². The Hall–Kier alpha value is -0.730. The van der Waals surface area contributed by atoms with Crippen LogP contribution < -0.4 is 5.32 Å². The van der Waals surface area contributed by atoms with Crippen molar-refractivity contribution in [3.8, 4) is 0 Å². The third-order valence-electron chi connectivity index (χ3n) is 2.60. The van der Waals surface area contributed by atoms with Crippen LogP contribution in [0.25, 0.3) is 0 Å². The maximum Gasteiger partial charge on any atom is 0.317 e. The quantitative estimate of drug-likeness (QED) is 0.697. The van der Waals surface area contributed by atoms with Crippen LogP contribution in [0.4, 0.5) is 4.79 Å². The molecular weight excluding hydrogens is 164 g/mol. The Labute approximate surface area is 80.5 Å². The van der Waals surface area contributed by atoms with Gasteiger partial charge in [-0.15, -0.1) is 0 Å². The fraction of sp³-hybridized carbons (Fsp3) is 0.900. The standard InChI is InChI=1S/C10H20N2O/c1-3-6-11-10(13)12-7-4-9(2)5-8-12/h9H,3-8H2,1-2H3,(H,11,13). The summed E-state index contributed by atoms with van der Waals surface area (Å²) in [6, 6.07) is 0.119. The first-order chi connectivity index (χ1) is 6.24. The summed E-state index contributed by atoms with van der Waals surface area (Å²) in [5.74, 6) is 0.787. The monoisotopic (exact) mass is 184 g/mol. The van der Waals surface area contributed by atoms with Gasteiger partial charge in [-0.1, -0.05) is 13.8 Å². The minimum absolute atomic E-state index is 0.119. The summed E-state index contributed by atoms with van der Waals surface area (Å²) < 4.78 is 0. The number of amides is 2. The Morgan fingerprint density at radius 1 is 1.46 bits per heavy atom. The predicted octanol–water partition coefficient (Wildman–Crippen LogP) is 1.84. The molecule has 0 bridgehead atoms. The van der Waals surface area contributed by atoms with Crippen molar-refractivity contribution < 1.29 is 4.79 Å². The van der Waals surface area contributed by atoms with Crippen LogP contribution in [-0.2, 0) is 0 Å². The van der Waals surface area contributed by atoms with Gasteiger partial charge in [-0.05, 0) is 25.2 Å². The molecule has 0 radical (unpaired) electrons. The van der Waals surface area contributed by atoms with Gasteiger partial charge in [-0.25, -0.2) is 4.79 Å². The Balaban J connectivity index is 2.23. The summed E-state index contributed by atoms with van der Waals surface area (Å²) in [5.41, 5.74) is 0. The second-order valence-electron chi connectivity index (χ2n) is 3.90. The lowest BCUT2D eigenvalue weighted by Crippen LogP contribution is -2.44. The van der Waals surface area contributed by atoms with E-state index in [2.05, 4.69) is 19.2 Å². The molecule has 1 fully saturated rings. The molecule has 1 saturated heterocycles. The topological polar surface area (TPSA) is 32.3 Å². The molecule has 1 N–H and O–H groups in total. The molecule has 76 valence electrons. The highest BCUT2D eigenvalue weighted by atomic mass is 16.2. The Morgan fingerprint density at radius 3 is 2.62 bits per heavy atom. The van der Waals surface area contributed by atoms with Gasteiger partial charge in [0.15, 0.2) is 0 Å². The molecule has 1 aliphatic rings. The number of nitrogens with one attached hydrogen (secondary N) is 1. The number of hydrogen-bond acceptors (Lipinski definition) is 1. The van der Waals surface area contributed by atoms with Crippen LogP contribution in [0.2, 0.25) is 0 Å². The summed E-state index contributed by atoms with van der Waals surface area (Å²) >= 11 is 0. The van der Waals surface area contributed by atoms with Crippen LogP contribution in [0.3, 0.4) is 0 Å². The van der Waals surface area contributed by atoms with Gasteiger partial charge in [-0.3, -0.25) is 0 Å². The minimum Gasteiger partial charge on any atom is -0.338 e. The molecule has 0 saturated carbocycles. The molecule has 0 spiro atoms. The second kappa shape index (κ2) is 5.10. The molecule has 0 aromatic rings. The van der Waals surface area contributed by atoms with Crippen molar-refractivity contribution in [3.05, 3.63) is 0 Å². The van der Waals surface area contributed by atoms with Crippen molar-refractivity contribution >= 4 is 6.03 Å². The van der Waals surface area contributed by atoms with Crippen LogP contribution in [0.15, 0.2) is 0 Å². The smallest absolute Gasteiger partial charge is 0.317 e. The van der Waals surface area contributed by atoms with Crippen LogP contribution in [0, 0.1) is 5.92 Å². The Morgan fingerprint density at radius 2 is 2.08 bits per heavy atom. The minimum atomic E-state index is 0.119. The Bertz CT molecular complexity index is 162. The molecule has 0 aromatic heterocycles. The average molecular weight is 184 g/mol. The molecule has 3 nitrogen and oxygen atoms in total. The van der Waals surface area contributed by atoms with E-state index in [0.29, 0.717) is 0 Å². The molecule has 3 heteroatoms. The van der Waals surface area contributed by atoms with E-state index in [4.69, 9.17) is 0 Å². The molecule has 0 aromatic carbocycles. The van der Waals surface area contributed by atoms with Crippen molar-refractivity contribution in [2.75, 3.05) is 19.6 Å². The van der Waals surface area contributed by atoms with Gasteiger partial charge in [-0.2, -0.15) is 0 Å². The number of piperidine rings is 1. The first kappa shape index (κ1) is 10.4. The van der Waals surface area contributed by atoms with E-state index in [-0.39, 0.29) is 6.03 Å². The molecule has 13 heavy (non-hydrogen) atoms. The van der Waals surface area contributed by atoms with Crippen molar-refractivity contribution in [2.24, 2.45) is 5.92 Å². The lowest BCUT2D eigenvalue weighted by Gasteiger charge is -2.30. The third-order valence-corrected chi connectivity index (χ3v) is 2.60. The second-order valence-corrected chi connectivity index (χ2v) is 3.90. The molecule has 2 amide bonds. The van der Waals surface area contributed by atoms with Crippen molar-refractivity contribution in [1.82, 2.24) is 10.2 Å². The van der Waals surface area contributed by atoms with E-state index in [1.807, 2.05) is 4.90 Å². The lowest BCUT2D eigenvalue weighted by atomic mass is 10.00. The summed E-state index contributed by atoms with van der Waals surface area (Å²) in [7, 11) is 0. The fourth-order valence-electron chi connectivity index (χ4n) is 1.56. The summed E-state index contributed by atoms with van der Waals surface area (Å²) in [4.78, 5) is 13.4. The Kier molecular flexibility index (Phi) is 4.06. The van der Waals surface area contributed by atoms with E-state index in [1.54, 1.807) is 0 Å². The molecule has 1 rings (SSSR count). The highest BCUT2D eigenvalue weighted by Crippen LogP contribution is 2.15. The number of rotatable bonds is 2. The molecule has 0 unspecified atom stereocenters. The van der Waals surface area contributed by atoms with Gasteiger partial charge in [0.25, 0.3) is 0 Å². The number of hydrogen-bond donors (Lipinski definition) is 1. The molecular formula is C10H20N2O. The zero-order valence-corrected chi connectivity index (χ0v) is 8.68. The van der Waals surface area contributed by atoms with Crippen LogP contribution >= 0.6 is 0 Å². The van der Waals surface area contributed by atoms with Crippen LogP contribution in [0.5, 0.6) is 0 Å². The van der Waals surface area contributed by atoms with Gasteiger partial charge in [0.1, 0.15) is 0 Å².